The van der Waals surface area contributed by atoms with Crippen molar-refractivity contribution in [2.24, 2.45) is 0 Å². The number of fused-ring (bicyclic) bond motifs is 1. The van der Waals surface area contributed by atoms with Crippen molar-refractivity contribution in [2.45, 2.75) is 18.9 Å². The van der Waals surface area contributed by atoms with Crippen LogP contribution in [0.2, 0.25) is 0 Å². The van der Waals surface area contributed by atoms with Crippen LogP contribution in [0, 0.1) is 0 Å². The summed E-state index contributed by atoms with van der Waals surface area (Å²) in [5.41, 5.74) is 2.16. The molecule has 2 N–H and O–H groups in total. The Morgan fingerprint density at radius 3 is 2.95 bits per heavy atom. The van der Waals surface area contributed by atoms with Crippen LogP contribution in [0.5, 0.6) is 0 Å². The molecule has 0 aliphatic carbocycles. The summed E-state index contributed by atoms with van der Waals surface area (Å²) in [6.07, 6.45) is 3.08. The normalized spacial score (nSPS) is 20.9. The number of carbonyl (C=O) groups is 2. The molecule has 1 unspecified atom stereocenters. The summed E-state index contributed by atoms with van der Waals surface area (Å²) in [7, 11) is 0. The number of rotatable bonds is 2. The lowest BCUT2D eigenvalue weighted by molar-refractivity contribution is -0.143. The Bertz CT molecular complexity index is 566. The molecule has 0 saturated heterocycles. The fourth-order valence-corrected chi connectivity index (χ4v) is 2.30. The molecule has 2 heterocycles. The van der Waals surface area contributed by atoms with E-state index in [9.17, 15) is 9.59 Å². The first-order valence-electron chi connectivity index (χ1n) is 6.28. The molecular formula is C14H14N2O3. The van der Waals surface area contributed by atoms with Crippen LogP contribution >= 0.6 is 0 Å². The van der Waals surface area contributed by atoms with Crippen molar-refractivity contribution < 1.29 is 14.3 Å². The van der Waals surface area contributed by atoms with Crippen molar-refractivity contribution in [2.75, 3.05) is 11.9 Å². The fourth-order valence-electron chi connectivity index (χ4n) is 2.30. The van der Waals surface area contributed by atoms with E-state index in [0.29, 0.717) is 13.0 Å². The minimum absolute atomic E-state index is 0.102. The van der Waals surface area contributed by atoms with Crippen LogP contribution in [0.1, 0.15) is 12.0 Å². The maximum absolute atomic E-state index is 12.0. The molecule has 3 rings (SSSR count). The lowest BCUT2D eigenvalue weighted by Crippen LogP contribution is -2.35. The fraction of sp³-hybridized carbons (Fsp3) is 0.286. The minimum atomic E-state index is -0.405. The molecule has 0 radical (unpaired) electrons. The van der Waals surface area contributed by atoms with Gasteiger partial charge in [-0.15, -0.1) is 0 Å². The van der Waals surface area contributed by atoms with E-state index in [2.05, 4.69) is 10.6 Å². The summed E-state index contributed by atoms with van der Waals surface area (Å²) in [6, 6.07) is 7.48. The molecule has 5 nitrogen and oxygen atoms in total. The number of hydrogen-bond acceptors (Lipinski definition) is 4. The number of aryl methyl sites for hydroxylation is 1. The molecule has 1 amide bonds. The number of esters is 1. The topological polar surface area (TPSA) is 67.4 Å². The molecule has 1 aromatic rings. The highest BCUT2D eigenvalue weighted by Crippen LogP contribution is 2.25. The van der Waals surface area contributed by atoms with Crippen molar-refractivity contribution in [3.8, 4) is 0 Å². The van der Waals surface area contributed by atoms with E-state index in [4.69, 9.17) is 4.74 Å². The number of anilines is 1. The highest BCUT2D eigenvalue weighted by molar-refractivity contribution is 5.97. The number of nitrogens with one attached hydrogen (secondary N) is 2. The van der Waals surface area contributed by atoms with E-state index in [1.54, 1.807) is 6.08 Å². The number of para-hydroxylation sites is 1. The standard InChI is InChI=1S/C14H14N2O3/c17-13-12(7-8-15-13)19-14(18)11-6-5-9-3-1-2-4-10(9)16-11/h1-4,7,11,16H,5-6,8H2,(H,15,17). The van der Waals surface area contributed by atoms with Gasteiger partial charge >= 0.3 is 5.97 Å². The highest BCUT2D eigenvalue weighted by atomic mass is 16.5. The molecule has 1 atom stereocenters. The van der Waals surface area contributed by atoms with Crippen molar-refractivity contribution in [3.63, 3.8) is 0 Å². The summed E-state index contributed by atoms with van der Waals surface area (Å²) in [5, 5.41) is 5.72. The van der Waals surface area contributed by atoms with Gasteiger partial charge in [-0.1, -0.05) is 18.2 Å². The molecule has 1 aromatic carbocycles. The van der Waals surface area contributed by atoms with Crippen molar-refractivity contribution >= 4 is 17.6 Å². The average molecular weight is 258 g/mol. The molecule has 0 aromatic heterocycles. The number of ether oxygens (including phenoxy) is 1. The molecule has 19 heavy (non-hydrogen) atoms. The van der Waals surface area contributed by atoms with E-state index in [-0.39, 0.29) is 11.7 Å². The first kappa shape index (κ1) is 11.8. The second kappa shape index (κ2) is 4.76. The monoisotopic (exact) mass is 258 g/mol. The number of carbonyl (C=O) groups excluding carboxylic acids is 2. The largest absolute Gasteiger partial charge is 0.419 e. The summed E-state index contributed by atoms with van der Waals surface area (Å²) in [4.78, 5) is 23.3. The number of amides is 1. The Hall–Kier alpha value is -2.30. The van der Waals surface area contributed by atoms with Crippen molar-refractivity contribution in [1.82, 2.24) is 5.32 Å². The predicted molar refractivity (Wildman–Crippen MR) is 69.4 cm³/mol. The van der Waals surface area contributed by atoms with Crippen LogP contribution in [0.4, 0.5) is 5.69 Å². The van der Waals surface area contributed by atoms with Crippen LogP contribution in [0.15, 0.2) is 36.1 Å². The second-order valence-corrected chi connectivity index (χ2v) is 4.59. The van der Waals surface area contributed by atoms with Crippen LogP contribution in [0.25, 0.3) is 0 Å². The summed E-state index contributed by atoms with van der Waals surface area (Å²) >= 11 is 0. The van der Waals surface area contributed by atoms with Gasteiger partial charge in [0.05, 0.1) is 0 Å². The molecule has 5 heteroatoms. The van der Waals surface area contributed by atoms with Gasteiger partial charge in [0.1, 0.15) is 6.04 Å². The van der Waals surface area contributed by atoms with Gasteiger partial charge in [-0.2, -0.15) is 0 Å². The molecule has 0 saturated carbocycles. The van der Waals surface area contributed by atoms with Gasteiger partial charge in [0.15, 0.2) is 5.76 Å². The summed E-state index contributed by atoms with van der Waals surface area (Å²) in [6.45, 7) is 0.419. The zero-order chi connectivity index (χ0) is 13.2. The molecular weight excluding hydrogens is 244 g/mol. The molecule has 2 aliphatic heterocycles. The van der Waals surface area contributed by atoms with Crippen molar-refractivity contribution in [3.05, 3.63) is 41.7 Å². The van der Waals surface area contributed by atoms with Gasteiger partial charge in [-0.3, -0.25) is 4.79 Å². The van der Waals surface area contributed by atoms with E-state index >= 15 is 0 Å². The second-order valence-electron chi connectivity index (χ2n) is 4.59. The Kier molecular flexibility index (Phi) is 2.95. The van der Waals surface area contributed by atoms with Crippen LogP contribution in [-0.2, 0) is 20.7 Å². The van der Waals surface area contributed by atoms with E-state index in [0.717, 1.165) is 12.1 Å². The molecule has 2 aliphatic rings. The predicted octanol–water partition coefficient (Wildman–Crippen LogP) is 0.970. The average Bonchev–Trinajstić information content (AvgIpc) is 2.84. The van der Waals surface area contributed by atoms with Gasteiger partial charge in [-0.25, -0.2) is 4.79 Å². The quantitative estimate of drug-likeness (QED) is 0.776. The maximum atomic E-state index is 12.0. The van der Waals surface area contributed by atoms with Gasteiger partial charge in [0.2, 0.25) is 0 Å². The maximum Gasteiger partial charge on any atom is 0.334 e. The SMILES string of the molecule is O=C1NCC=C1OC(=O)C1CCc2ccccc2N1. The minimum Gasteiger partial charge on any atom is -0.419 e. The third-order valence-corrected chi connectivity index (χ3v) is 3.32. The molecule has 0 spiro atoms. The highest BCUT2D eigenvalue weighted by Gasteiger charge is 2.28. The van der Waals surface area contributed by atoms with Crippen LogP contribution in [0.3, 0.4) is 0 Å². The lowest BCUT2D eigenvalue weighted by atomic mass is 9.98. The van der Waals surface area contributed by atoms with Gasteiger partial charge in [0.25, 0.3) is 5.91 Å². The Balaban J connectivity index is 1.68. The van der Waals surface area contributed by atoms with E-state index in [1.807, 2.05) is 24.3 Å². The molecule has 0 fully saturated rings. The van der Waals surface area contributed by atoms with Gasteiger partial charge in [-0.05, 0) is 30.5 Å². The number of hydrogen-bond donors (Lipinski definition) is 2. The molecule has 98 valence electrons. The van der Waals surface area contributed by atoms with E-state index < -0.39 is 12.0 Å². The van der Waals surface area contributed by atoms with Crippen LogP contribution in [-0.4, -0.2) is 24.5 Å². The summed E-state index contributed by atoms with van der Waals surface area (Å²) < 4.78 is 5.13. The third-order valence-electron chi connectivity index (χ3n) is 3.32. The van der Waals surface area contributed by atoms with Gasteiger partial charge < -0.3 is 15.4 Å². The zero-order valence-corrected chi connectivity index (χ0v) is 10.3. The number of benzene rings is 1. The zero-order valence-electron chi connectivity index (χ0n) is 10.3. The lowest BCUT2D eigenvalue weighted by Gasteiger charge is -2.25. The first-order chi connectivity index (χ1) is 9.24. The van der Waals surface area contributed by atoms with Crippen LogP contribution < -0.4 is 10.6 Å². The first-order valence-corrected chi connectivity index (χ1v) is 6.28. The van der Waals surface area contributed by atoms with E-state index in [1.165, 1.54) is 5.56 Å². The Labute approximate surface area is 110 Å². The Morgan fingerprint density at radius 2 is 2.16 bits per heavy atom. The van der Waals surface area contributed by atoms with Gasteiger partial charge in [0, 0.05) is 12.2 Å². The smallest absolute Gasteiger partial charge is 0.334 e. The van der Waals surface area contributed by atoms with Crippen molar-refractivity contribution in [1.29, 1.82) is 0 Å². The molecule has 0 bridgehead atoms. The Morgan fingerprint density at radius 1 is 1.32 bits per heavy atom. The summed E-state index contributed by atoms with van der Waals surface area (Å²) in [5.74, 6) is -0.631. The third kappa shape index (κ3) is 2.31.